The van der Waals surface area contributed by atoms with Crippen LogP contribution in [0.3, 0.4) is 0 Å². The maximum atomic E-state index is 9.37. The van der Waals surface area contributed by atoms with E-state index >= 15 is 0 Å². The molecule has 2 aliphatic rings. The molecule has 5 nitrogen and oxygen atoms in total. The van der Waals surface area contributed by atoms with E-state index < -0.39 is 0 Å². The number of aliphatic hydroxyl groups excluding tert-OH is 1. The third-order valence-corrected chi connectivity index (χ3v) is 4.17. The number of benzene rings is 1. The molecule has 1 atom stereocenters. The number of aliphatic hydroxyl groups is 1. The standard InChI is InChI=1S/C14H19ClN2O3.ClH/c15-11-8-14-13(19-9-20-14)7-10(11)12(1-6-18)17-4-2-16-3-5-17;/h7-8,12,16,18H,1-6,9H2;1H/t12-;/m1./s1. The number of hydrogen-bond donors (Lipinski definition) is 2. The average Bonchev–Trinajstić information content (AvgIpc) is 2.92. The van der Waals surface area contributed by atoms with E-state index in [4.69, 9.17) is 21.1 Å². The summed E-state index contributed by atoms with van der Waals surface area (Å²) in [6.07, 6.45) is 0.666. The number of rotatable bonds is 4. The smallest absolute Gasteiger partial charge is 0.231 e. The van der Waals surface area contributed by atoms with Crippen molar-refractivity contribution in [3.63, 3.8) is 0 Å². The number of nitrogens with zero attached hydrogens (tertiary/aromatic N) is 1. The van der Waals surface area contributed by atoms with Crippen LogP contribution in [0.1, 0.15) is 18.0 Å². The first-order valence-corrected chi connectivity index (χ1v) is 7.32. The van der Waals surface area contributed by atoms with Crippen LogP contribution in [0, 0.1) is 0 Å². The van der Waals surface area contributed by atoms with Crippen molar-refractivity contribution >= 4 is 24.0 Å². The van der Waals surface area contributed by atoms with Crippen molar-refractivity contribution < 1.29 is 14.6 Å². The molecule has 2 N–H and O–H groups in total. The molecule has 0 aromatic heterocycles. The summed E-state index contributed by atoms with van der Waals surface area (Å²) in [6, 6.07) is 3.88. The number of ether oxygens (including phenoxy) is 2. The minimum atomic E-state index is 0. The van der Waals surface area contributed by atoms with E-state index in [9.17, 15) is 5.11 Å². The van der Waals surface area contributed by atoms with Crippen molar-refractivity contribution in [2.45, 2.75) is 12.5 Å². The van der Waals surface area contributed by atoms with E-state index in [0.717, 1.165) is 37.5 Å². The second-order valence-electron chi connectivity index (χ2n) is 5.04. The number of piperazine rings is 1. The minimum Gasteiger partial charge on any atom is -0.454 e. The summed E-state index contributed by atoms with van der Waals surface area (Å²) < 4.78 is 10.8. The molecule has 0 unspecified atom stereocenters. The van der Waals surface area contributed by atoms with Crippen molar-refractivity contribution in [1.29, 1.82) is 0 Å². The maximum absolute atomic E-state index is 9.37. The van der Waals surface area contributed by atoms with Gasteiger partial charge in [0.25, 0.3) is 0 Å². The Balaban J connectivity index is 0.00000161. The zero-order valence-corrected chi connectivity index (χ0v) is 13.3. The summed E-state index contributed by atoms with van der Waals surface area (Å²) in [5.74, 6) is 1.43. The van der Waals surface area contributed by atoms with Crippen molar-refractivity contribution in [3.05, 3.63) is 22.7 Å². The summed E-state index contributed by atoms with van der Waals surface area (Å²) in [7, 11) is 0. The Morgan fingerprint density at radius 2 is 1.90 bits per heavy atom. The fraction of sp³-hybridized carbons (Fsp3) is 0.571. The molecule has 21 heavy (non-hydrogen) atoms. The summed E-state index contributed by atoms with van der Waals surface area (Å²) in [4.78, 5) is 2.36. The van der Waals surface area contributed by atoms with E-state index in [0.29, 0.717) is 17.2 Å². The third kappa shape index (κ3) is 3.55. The van der Waals surface area contributed by atoms with Gasteiger partial charge in [-0.1, -0.05) is 11.6 Å². The Bertz CT molecular complexity index is 482. The molecular formula is C14H20Cl2N2O3. The van der Waals surface area contributed by atoms with Gasteiger partial charge in [0.05, 0.1) is 0 Å². The van der Waals surface area contributed by atoms with Crippen LogP contribution in [-0.4, -0.2) is 49.6 Å². The van der Waals surface area contributed by atoms with Crippen LogP contribution < -0.4 is 14.8 Å². The van der Waals surface area contributed by atoms with E-state index in [1.165, 1.54) is 0 Å². The van der Waals surface area contributed by atoms with Crippen molar-refractivity contribution in [2.24, 2.45) is 0 Å². The molecule has 0 spiro atoms. The zero-order chi connectivity index (χ0) is 13.9. The lowest BCUT2D eigenvalue weighted by atomic mass is 10.0. The normalized spacial score (nSPS) is 19.1. The Morgan fingerprint density at radius 3 is 2.57 bits per heavy atom. The fourth-order valence-electron chi connectivity index (χ4n) is 2.84. The molecule has 0 saturated carbocycles. The van der Waals surface area contributed by atoms with Crippen LogP contribution >= 0.6 is 24.0 Å². The lowest BCUT2D eigenvalue weighted by Gasteiger charge is -2.35. The molecule has 1 saturated heterocycles. The predicted molar refractivity (Wildman–Crippen MR) is 83.7 cm³/mol. The van der Waals surface area contributed by atoms with Crippen molar-refractivity contribution in [2.75, 3.05) is 39.6 Å². The van der Waals surface area contributed by atoms with Crippen LogP contribution in [0.25, 0.3) is 0 Å². The van der Waals surface area contributed by atoms with Gasteiger partial charge in [-0.3, -0.25) is 4.90 Å². The molecule has 0 bridgehead atoms. The maximum Gasteiger partial charge on any atom is 0.231 e. The molecule has 1 fully saturated rings. The molecule has 2 aliphatic heterocycles. The fourth-order valence-corrected chi connectivity index (χ4v) is 3.12. The molecule has 0 radical (unpaired) electrons. The SMILES string of the molecule is Cl.OCC[C@H](c1cc2c(cc1Cl)OCO2)N1CCNCC1. The Hall–Kier alpha value is -0.720. The van der Waals surface area contributed by atoms with Gasteiger partial charge in [-0.15, -0.1) is 12.4 Å². The minimum absolute atomic E-state index is 0. The van der Waals surface area contributed by atoms with Crippen LogP contribution in [0.15, 0.2) is 12.1 Å². The van der Waals surface area contributed by atoms with Crippen LogP contribution in [0.4, 0.5) is 0 Å². The molecule has 0 aliphatic carbocycles. The van der Waals surface area contributed by atoms with Crippen LogP contribution in [0.5, 0.6) is 11.5 Å². The number of fused-ring (bicyclic) bond motifs is 1. The van der Waals surface area contributed by atoms with E-state index in [1.807, 2.05) is 12.1 Å². The lowest BCUT2D eigenvalue weighted by Crippen LogP contribution is -2.45. The van der Waals surface area contributed by atoms with Crippen molar-refractivity contribution in [3.8, 4) is 11.5 Å². The molecule has 1 aromatic rings. The summed E-state index contributed by atoms with van der Waals surface area (Å²) >= 11 is 6.40. The summed E-state index contributed by atoms with van der Waals surface area (Å²) in [6.45, 7) is 4.21. The first kappa shape index (κ1) is 16.6. The highest BCUT2D eigenvalue weighted by Gasteiger charge is 2.26. The number of hydrogen-bond acceptors (Lipinski definition) is 5. The van der Waals surface area contributed by atoms with Gasteiger partial charge in [-0.05, 0) is 18.1 Å². The van der Waals surface area contributed by atoms with Gasteiger partial charge < -0.3 is 19.9 Å². The summed E-state index contributed by atoms with van der Waals surface area (Å²) in [5, 5.41) is 13.4. The highest BCUT2D eigenvalue weighted by Crippen LogP contribution is 2.41. The van der Waals surface area contributed by atoms with E-state index in [1.54, 1.807) is 0 Å². The van der Waals surface area contributed by atoms with Gasteiger partial charge in [0.15, 0.2) is 11.5 Å². The Kier molecular flexibility index (Phi) is 5.96. The number of halogens is 2. The van der Waals surface area contributed by atoms with Gasteiger partial charge in [0.1, 0.15) is 0 Å². The molecule has 118 valence electrons. The summed E-state index contributed by atoms with van der Waals surface area (Å²) in [5.41, 5.74) is 1.01. The number of nitrogens with one attached hydrogen (secondary N) is 1. The molecule has 1 aromatic carbocycles. The van der Waals surface area contributed by atoms with E-state index in [-0.39, 0.29) is 31.8 Å². The Labute approximate surface area is 135 Å². The van der Waals surface area contributed by atoms with Crippen molar-refractivity contribution in [1.82, 2.24) is 10.2 Å². The van der Waals surface area contributed by atoms with Crippen LogP contribution in [-0.2, 0) is 0 Å². The molecule has 7 heteroatoms. The first-order valence-electron chi connectivity index (χ1n) is 6.94. The molecule has 3 rings (SSSR count). The van der Waals surface area contributed by atoms with Crippen LogP contribution in [0.2, 0.25) is 5.02 Å². The quantitative estimate of drug-likeness (QED) is 0.879. The zero-order valence-electron chi connectivity index (χ0n) is 11.7. The average molecular weight is 335 g/mol. The highest BCUT2D eigenvalue weighted by molar-refractivity contribution is 6.31. The predicted octanol–water partition coefficient (Wildman–Crippen LogP) is 1.82. The van der Waals surface area contributed by atoms with Gasteiger partial charge in [-0.25, -0.2) is 0 Å². The largest absolute Gasteiger partial charge is 0.454 e. The molecule has 2 heterocycles. The van der Waals surface area contributed by atoms with Gasteiger partial charge in [0, 0.05) is 49.9 Å². The highest BCUT2D eigenvalue weighted by atomic mass is 35.5. The second kappa shape index (κ2) is 7.51. The molecule has 0 amide bonds. The monoisotopic (exact) mass is 334 g/mol. The topological polar surface area (TPSA) is 54.0 Å². The van der Waals surface area contributed by atoms with E-state index in [2.05, 4.69) is 10.2 Å². The van der Waals surface area contributed by atoms with Gasteiger partial charge >= 0.3 is 0 Å². The molecular weight excluding hydrogens is 315 g/mol. The second-order valence-corrected chi connectivity index (χ2v) is 5.45. The lowest BCUT2D eigenvalue weighted by molar-refractivity contribution is 0.141. The van der Waals surface area contributed by atoms with Gasteiger partial charge in [-0.2, -0.15) is 0 Å². The van der Waals surface area contributed by atoms with Gasteiger partial charge in [0.2, 0.25) is 6.79 Å². The first-order chi connectivity index (χ1) is 9.79. The Morgan fingerprint density at radius 1 is 1.24 bits per heavy atom. The third-order valence-electron chi connectivity index (χ3n) is 3.85.